The van der Waals surface area contributed by atoms with Gasteiger partial charge in [-0.1, -0.05) is 30.3 Å². The largest absolute Gasteiger partial charge is 0.493 e. The highest BCUT2D eigenvalue weighted by Crippen LogP contribution is 2.40. The van der Waals surface area contributed by atoms with Crippen molar-refractivity contribution in [1.82, 2.24) is 0 Å². The van der Waals surface area contributed by atoms with Crippen molar-refractivity contribution < 1.29 is 9.47 Å². The van der Waals surface area contributed by atoms with Gasteiger partial charge < -0.3 is 14.4 Å². The fraction of sp³-hybridized carbons (Fsp3) is 0.417. The van der Waals surface area contributed by atoms with Crippen molar-refractivity contribution >= 4 is 5.69 Å². The Hall–Kier alpha value is -2.42. The molecule has 0 amide bonds. The van der Waals surface area contributed by atoms with E-state index < -0.39 is 0 Å². The van der Waals surface area contributed by atoms with Crippen LogP contribution >= 0.6 is 0 Å². The monoisotopic (exact) mass is 363 g/mol. The van der Waals surface area contributed by atoms with Gasteiger partial charge in [0.15, 0.2) is 11.5 Å². The summed E-state index contributed by atoms with van der Waals surface area (Å²) >= 11 is 0. The molecular weight excluding hydrogens is 334 g/mol. The number of hydrogen-bond acceptors (Lipinski definition) is 3. The molecule has 3 nitrogen and oxygen atoms in total. The molecule has 1 aliphatic heterocycles. The van der Waals surface area contributed by atoms with E-state index in [1.54, 1.807) is 7.11 Å². The van der Waals surface area contributed by atoms with Crippen molar-refractivity contribution in [2.24, 2.45) is 0 Å². The van der Waals surface area contributed by atoms with Crippen LogP contribution in [0.2, 0.25) is 0 Å². The van der Waals surface area contributed by atoms with Crippen LogP contribution < -0.4 is 14.4 Å². The molecule has 2 aromatic carbocycles. The maximum atomic E-state index is 6.29. The summed E-state index contributed by atoms with van der Waals surface area (Å²) in [6, 6.07) is 15.1. The molecule has 0 N–H and O–H groups in total. The minimum Gasteiger partial charge on any atom is -0.493 e. The molecule has 3 heteroatoms. The molecule has 0 bridgehead atoms. The Morgan fingerprint density at radius 1 is 1.00 bits per heavy atom. The molecule has 1 heterocycles. The van der Waals surface area contributed by atoms with Crippen LogP contribution in [0.1, 0.15) is 49.1 Å². The molecule has 2 aromatic rings. The van der Waals surface area contributed by atoms with Gasteiger partial charge in [-0.25, -0.2) is 0 Å². The van der Waals surface area contributed by atoms with Crippen molar-refractivity contribution in [3.8, 4) is 11.5 Å². The van der Waals surface area contributed by atoms with E-state index in [9.17, 15) is 0 Å². The molecule has 0 unspecified atom stereocenters. The first-order valence-corrected chi connectivity index (χ1v) is 10.0. The van der Waals surface area contributed by atoms with Gasteiger partial charge >= 0.3 is 0 Å². The number of rotatable bonds is 5. The van der Waals surface area contributed by atoms with Crippen LogP contribution in [0, 0.1) is 6.92 Å². The van der Waals surface area contributed by atoms with Crippen LogP contribution in [0.3, 0.4) is 0 Å². The summed E-state index contributed by atoms with van der Waals surface area (Å²) in [6.07, 6.45) is 6.13. The third-order valence-corrected chi connectivity index (χ3v) is 5.87. The average molecular weight is 364 g/mol. The second kappa shape index (κ2) is 7.67. The third kappa shape index (κ3) is 3.83. The third-order valence-electron chi connectivity index (χ3n) is 5.87. The van der Waals surface area contributed by atoms with Crippen LogP contribution in [-0.2, 0) is 0 Å². The highest BCUT2D eigenvalue weighted by atomic mass is 16.5. The van der Waals surface area contributed by atoms with E-state index in [2.05, 4.69) is 60.9 Å². The van der Waals surface area contributed by atoms with Crippen LogP contribution in [0.15, 0.2) is 54.7 Å². The second-order valence-electron chi connectivity index (χ2n) is 7.85. The molecule has 1 saturated heterocycles. The molecule has 0 radical (unpaired) electrons. The summed E-state index contributed by atoms with van der Waals surface area (Å²) < 4.78 is 11.8. The molecule has 0 spiro atoms. The Kier molecular flexibility index (Phi) is 5.11. The Morgan fingerprint density at radius 2 is 1.74 bits per heavy atom. The molecule has 142 valence electrons. The lowest BCUT2D eigenvalue weighted by Crippen LogP contribution is -2.17. The summed E-state index contributed by atoms with van der Waals surface area (Å²) in [6.45, 7) is 7.39. The molecule has 1 saturated carbocycles. The van der Waals surface area contributed by atoms with Gasteiger partial charge in [0.05, 0.1) is 13.2 Å². The SMILES string of the molecule is C=C1C[C@H](c2ccc(OC)c(OC3CCCC3)c2)CN1c1ccc(C)cc1. The number of hydrogen-bond donors (Lipinski definition) is 0. The number of allylic oxidation sites excluding steroid dienone is 1. The summed E-state index contributed by atoms with van der Waals surface area (Å²) in [7, 11) is 1.72. The van der Waals surface area contributed by atoms with E-state index in [0.717, 1.165) is 37.3 Å². The van der Waals surface area contributed by atoms with Crippen LogP contribution in [-0.4, -0.2) is 19.8 Å². The molecule has 2 fully saturated rings. The van der Waals surface area contributed by atoms with Gasteiger partial charge in [-0.15, -0.1) is 0 Å². The Balaban J connectivity index is 1.54. The Bertz CT molecular complexity index is 806. The first-order chi connectivity index (χ1) is 13.1. The van der Waals surface area contributed by atoms with Gasteiger partial charge in [0, 0.05) is 23.8 Å². The second-order valence-corrected chi connectivity index (χ2v) is 7.85. The standard InChI is InChI=1S/C24H29NO2/c1-17-8-11-21(12-9-17)25-16-20(14-18(25)2)19-10-13-23(26-3)24(15-19)27-22-6-4-5-7-22/h8-13,15,20,22H,2,4-7,14,16H2,1,3H3/t20-/m0/s1. The zero-order chi connectivity index (χ0) is 18.8. The fourth-order valence-corrected chi connectivity index (χ4v) is 4.27. The van der Waals surface area contributed by atoms with Gasteiger partial charge in [0.1, 0.15) is 0 Å². The van der Waals surface area contributed by atoms with E-state index in [1.807, 2.05) is 0 Å². The first-order valence-electron chi connectivity index (χ1n) is 10.0. The zero-order valence-electron chi connectivity index (χ0n) is 16.4. The minimum absolute atomic E-state index is 0.330. The Labute approximate surface area is 162 Å². The van der Waals surface area contributed by atoms with E-state index >= 15 is 0 Å². The van der Waals surface area contributed by atoms with E-state index in [-0.39, 0.29) is 0 Å². The van der Waals surface area contributed by atoms with E-state index in [0.29, 0.717) is 12.0 Å². The maximum absolute atomic E-state index is 6.29. The normalized spacial score (nSPS) is 20.3. The van der Waals surface area contributed by atoms with Crippen LogP contribution in [0.5, 0.6) is 11.5 Å². The van der Waals surface area contributed by atoms with E-state index in [1.165, 1.54) is 35.4 Å². The Morgan fingerprint density at radius 3 is 2.44 bits per heavy atom. The lowest BCUT2D eigenvalue weighted by Gasteiger charge is -2.21. The highest BCUT2D eigenvalue weighted by Gasteiger charge is 2.28. The maximum Gasteiger partial charge on any atom is 0.161 e. The number of benzene rings is 2. The average Bonchev–Trinajstić information content (AvgIpc) is 3.32. The van der Waals surface area contributed by atoms with Gasteiger partial charge in [-0.05, 0) is 68.9 Å². The van der Waals surface area contributed by atoms with Crippen LogP contribution in [0.4, 0.5) is 5.69 Å². The first kappa shape index (κ1) is 18.0. The number of anilines is 1. The molecular formula is C24H29NO2. The predicted octanol–water partition coefficient (Wildman–Crippen LogP) is 5.83. The van der Waals surface area contributed by atoms with Gasteiger partial charge in [0.2, 0.25) is 0 Å². The summed E-state index contributed by atoms with van der Waals surface area (Å²) in [4.78, 5) is 2.34. The number of aryl methyl sites for hydroxylation is 1. The highest BCUT2D eigenvalue weighted by molar-refractivity contribution is 5.56. The van der Waals surface area contributed by atoms with Crippen molar-refractivity contribution in [3.05, 3.63) is 65.9 Å². The predicted molar refractivity (Wildman–Crippen MR) is 111 cm³/mol. The summed E-state index contributed by atoms with van der Waals surface area (Å²) in [5.41, 5.74) is 4.99. The minimum atomic E-state index is 0.330. The molecule has 1 aliphatic carbocycles. The molecule has 1 atom stereocenters. The molecule has 4 rings (SSSR count). The molecule has 0 aromatic heterocycles. The lowest BCUT2D eigenvalue weighted by atomic mass is 9.97. The van der Waals surface area contributed by atoms with Crippen molar-refractivity contribution in [2.75, 3.05) is 18.6 Å². The van der Waals surface area contributed by atoms with Crippen LogP contribution in [0.25, 0.3) is 0 Å². The molecule has 27 heavy (non-hydrogen) atoms. The van der Waals surface area contributed by atoms with Crippen molar-refractivity contribution in [3.63, 3.8) is 0 Å². The fourth-order valence-electron chi connectivity index (χ4n) is 4.27. The zero-order valence-corrected chi connectivity index (χ0v) is 16.4. The van der Waals surface area contributed by atoms with Crippen molar-refractivity contribution in [1.29, 1.82) is 0 Å². The topological polar surface area (TPSA) is 21.7 Å². The number of nitrogens with zero attached hydrogens (tertiary/aromatic N) is 1. The summed E-state index contributed by atoms with van der Waals surface area (Å²) in [5.74, 6) is 2.15. The molecule has 2 aliphatic rings. The number of methoxy groups -OCH3 is 1. The van der Waals surface area contributed by atoms with Gasteiger partial charge in [0.25, 0.3) is 0 Å². The van der Waals surface area contributed by atoms with Crippen molar-refractivity contribution in [2.45, 2.75) is 51.0 Å². The summed E-state index contributed by atoms with van der Waals surface area (Å²) in [5, 5.41) is 0. The van der Waals surface area contributed by atoms with Gasteiger partial charge in [-0.2, -0.15) is 0 Å². The van der Waals surface area contributed by atoms with E-state index in [4.69, 9.17) is 9.47 Å². The smallest absolute Gasteiger partial charge is 0.161 e. The quantitative estimate of drug-likeness (QED) is 0.667. The van der Waals surface area contributed by atoms with Gasteiger partial charge in [-0.3, -0.25) is 0 Å². The number of ether oxygens (including phenoxy) is 2. The lowest BCUT2D eigenvalue weighted by molar-refractivity contribution is 0.200.